The van der Waals surface area contributed by atoms with Crippen molar-refractivity contribution in [3.8, 4) is 0 Å². The number of carbonyl (C=O) groups is 1. The Morgan fingerprint density at radius 2 is 2.17 bits per heavy atom. The third-order valence-corrected chi connectivity index (χ3v) is 2.86. The lowest BCUT2D eigenvalue weighted by Gasteiger charge is -2.06. The van der Waals surface area contributed by atoms with Gasteiger partial charge in [-0.2, -0.15) is 13.2 Å². The van der Waals surface area contributed by atoms with Crippen molar-refractivity contribution in [3.05, 3.63) is 30.1 Å². The Morgan fingerprint density at radius 3 is 2.78 bits per heavy atom. The number of fused-ring (bicyclic) bond motifs is 1. The predicted molar refractivity (Wildman–Crippen MR) is 58.4 cm³/mol. The molecule has 0 N–H and O–H groups in total. The van der Waals surface area contributed by atoms with E-state index in [9.17, 15) is 18.0 Å². The van der Waals surface area contributed by atoms with Gasteiger partial charge in [0.2, 0.25) is 0 Å². The molecule has 0 radical (unpaired) electrons. The molecule has 0 fully saturated rings. The maximum absolute atomic E-state index is 12.3. The third kappa shape index (κ3) is 2.58. The Labute approximate surface area is 104 Å². The van der Waals surface area contributed by atoms with Crippen molar-refractivity contribution in [2.45, 2.75) is 10.5 Å². The number of halogens is 3. The van der Waals surface area contributed by atoms with Crippen LogP contribution in [0.1, 0.15) is 10.4 Å². The highest BCUT2D eigenvalue weighted by atomic mass is 32.2. The minimum atomic E-state index is -4.41. The maximum Gasteiger partial charge on any atom is 0.447 e. The first-order valence-electron chi connectivity index (χ1n) is 4.72. The molecule has 0 unspecified atom stereocenters. The smallest absolute Gasteiger partial charge is 0.447 e. The molecule has 0 spiro atoms. The summed E-state index contributed by atoms with van der Waals surface area (Å²) in [5.74, 6) is -0.617. The predicted octanol–water partition coefficient (Wildman–Crippen LogP) is 2.73. The van der Waals surface area contributed by atoms with Crippen molar-refractivity contribution in [2.75, 3.05) is 7.11 Å². The zero-order valence-electron chi connectivity index (χ0n) is 9.06. The summed E-state index contributed by atoms with van der Waals surface area (Å²) >= 11 is -0.287. The molecule has 0 amide bonds. The Bertz CT molecular complexity index is 594. The van der Waals surface area contributed by atoms with Gasteiger partial charge in [0.05, 0.1) is 18.9 Å². The Morgan fingerprint density at radius 1 is 1.44 bits per heavy atom. The second-order valence-electron chi connectivity index (χ2n) is 3.28. The van der Waals surface area contributed by atoms with Crippen LogP contribution < -0.4 is 0 Å². The van der Waals surface area contributed by atoms with Crippen molar-refractivity contribution in [1.29, 1.82) is 0 Å². The fourth-order valence-electron chi connectivity index (χ4n) is 1.39. The molecule has 18 heavy (non-hydrogen) atoms. The number of thioether (sulfide) groups is 1. The number of carbonyl (C=O) groups excluding carboxylic acids is 1. The largest absolute Gasteiger partial charge is 0.465 e. The van der Waals surface area contributed by atoms with Crippen molar-refractivity contribution >= 4 is 23.4 Å². The van der Waals surface area contributed by atoms with Crippen molar-refractivity contribution in [2.24, 2.45) is 0 Å². The van der Waals surface area contributed by atoms with E-state index in [0.29, 0.717) is 5.65 Å². The molecule has 8 heteroatoms. The average Bonchev–Trinajstić information content (AvgIpc) is 2.68. The Kier molecular flexibility index (Phi) is 3.20. The van der Waals surface area contributed by atoms with Gasteiger partial charge in [-0.15, -0.1) is 0 Å². The summed E-state index contributed by atoms with van der Waals surface area (Å²) in [6.07, 6.45) is 2.37. The number of methoxy groups -OCH3 is 1. The molecule has 2 heterocycles. The van der Waals surface area contributed by atoms with E-state index in [1.54, 1.807) is 0 Å². The Balaban J connectivity index is 2.46. The zero-order valence-corrected chi connectivity index (χ0v) is 9.88. The number of aromatic nitrogens is 2. The molecule has 4 nitrogen and oxygen atoms in total. The van der Waals surface area contributed by atoms with Gasteiger partial charge in [-0.05, 0) is 12.1 Å². The molecule has 0 aliphatic rings. The second-order valence-corrected chi connectivity index (χ2v) is 4.37. The number of imidazole rings is 1. The SMILES string of the molecule is COC(=O)c1ccc2ncc(SC(F)(F)F)n2c1. The molecule has 0 saturated carbocycles. The normalized spacial score (nSPS) is 11.8. The van der Waals surface area contributed by atoms with Crippen LogP contribution in [-0.4, -0.2) is 28.0 Å². The highest BCUT2D eigenvalue weighted by Gasteiger charge is 2.31. The summed E-state index contributed by atoms with van der Waals surface area (Å²) in [4.78, 5) is 15.1. The van der Waals surface area contributed by atoms with Gasteiger partial charge in [-0.25, -0.2) is 9.78 Å². The van der Waals surface area contributed by atoms with Gasteiger partial charge in [0.1, 0.15) is 10.7 Å². The summed E-state index contributed by atoms with van der Waals surface area (Å²) in [5.41, 5.74) is -3.92. The van der Waals surface area contributed by atoms with Gasteiger partial charge in [-0.3, -0.25) is 4.40 Å². The van der Waals surface area contributed by atoms with E-state index in [4.69, 9.17) is 0 Å². The second kappa shape index (κ2) is 4.52. The number of esters is 1. The molecular weight excluding hydrogens is 269 g/mol. The lowest BCUT2D eigenvalue weighted by Crippen LogP contribution is -2.04. The Hall–Kier alpha value is -1.70. The van der Waals surface area contributed by atoms with Crippen LogP contribution in [0.2, 0.25) is 0 Å². The molecule has 0 aromatic carbocycles. The van der Waals surface area contributed by atoms with Crippen molar-refractivity contribution in [3.63, 3.8) is 0 Å². The number of hydrogen-bond donors (Lipinski definition) is 0. The fraction of sp³-hybridized carbons (Fsp3) is 0.200. The lowest BCUT2D eigenvalue weighted by molar-refractivity contribution is -0.0329. The monoisotopic (exact) mass is 276 g/mol. The third-order valence-electron chi connectivity index (χ3n) is 2.11. The molecule has 0 aliphatic carbocycles. The number of ether oxygens (including phenoxy) is 1. The molecule has 0 atom stereocenters. The van der Waals surface area contributed by atoms with E-state index in [-0.39, 0.29) is 22.4 Å². The van der Waals surface area contributed by atoms with Gasteiger partial charge < -0.3 is 4.74 Å². The zero-order chi connectivity index (χ0) is 13.3. The van der Waals surface area contributed by atoms with E-state index in [0.717, 1.165) is 6.20 Å². The van der Waals surface area contributed by atoms with Crippen LogP contribution in [-0.2, 0) is 4.74 Å². The van der Waals surface area contributed by atoms with Gasteiger partial charge in [0.25, 0.3) is 0 Å². The van der Waals surface area contributed by atoms with E-state index in [1.807, 2.05) is 0 Å². The van der Waals surface area contributed by atoms with Crippen LogP contribution in [0.5, 0.6) is 0 Å². The molecule has 0 bridgehead atoms. The molecule has 0 saturated heterocycles. The first-order chi connectivity index (χ1) is 8.40. The van der Waals surface area contributed by atoms with Crippen LogP contribution in [0.15, 0.2) is 29.6 Å². The van der Waals surface area contributed by atoms with Gasteiger partial charge in [0, 0.05) is 18.0 Å². The van der Waals surface area contributed by atoms with Crippen LogP contribution in [0.4, 0.5) is 13.2 Å². The summed E-state index contributed by atoms with van der Waals surface area (Å²) in [5, 5.41) is -0.108. The summed E-state index contributed by atoms with van der Waals surface area (Å²) in [7, 11) is 1.20. The van der Waals surface area contributed by atoms with Crippen LogP contribution >= 0.6 is 11.8 Å². The minimum Gasteiger partial charge on any atom is -0.465 e. The van der Waals surface area contributed by atoms with Crippen LogP contribution in [0, 0.1) is 0 Å². The van der Waals surface area contributed by atoms with E-state index in [2.05, 4.69) is 9.72 Å². The van der Waals surface area contributed by atoms with Crippen molar-refractivity contribution < 1.29 is 22.7 Å². The van der Waals surface area contributed by atoms with Gasteiger partial charge in [-0.1, -0.05) is 0 Å². The van der Waals surface area contributed by atoms with E-state index < -0.39 is 11.5 Å². The first-order valence-corrected chi connectivity index (χ1v) is 5.53. The molecular formula is C10H7F3N2O2S. The number of nitrogens with zero attached hydrogens (tertiary/aromatic N) is 2. The fourth-order valence-corrected chi connectivity index (χ4v) is 1.98. The van der Waals surface area contributed by atoms with E-state index in [1.165, 1.54) is 29.8 Å². The molecule has 2 aromatic heterocycles. The number of alkyl halides is 3. The van der Waals surface area contributed by atoms with Gasteiger partial charge >= 0.3 is 11.5 Å². The standard InChI is InChI=1S/C10H7F3N2O2S/c1-17-9(16)6-2-3-7-14-4-8(15(7)5-6)18-10(11,12)13/h2-5H,1H3. The number of rotatable bonds is 2. The maximum atomic E-state index is 12.3. The highest BCUT2D eigenvalue weighted by Crippen LogP contribution is 2.36. The molecule has 2 rings (SSSR count). The first kappa shape index (κ1) is 12.7. The average molecular weight is 276 g/mol. The lowest BCUT2D eigenvalue weighted by atomic mass is 10.3. The van der Waals surface area contributed by atoms with E-state index >= 15 is 0 Å². The van der Waals surface area contributed by atoms with Crippen LogP contribution in [0.25, 0.3) is 5.65 Å². The topological polar surface area (TPSA) is 43.6 Å². The number of hydrogen-bond acceptors (Lipinski definition) is 4. The van der Waals surface area contributed by atoms with Crippen LogP contribution in [0.3, 0.4) is 0 Å². The van der Waals surface area contributed by atoms with Crippen molar-refractivity contribution in [1.82, 2.24) is 9.38 Å². The molecule has 2 aromatic rings. The summed E-state index contributed by atoms with van der Waals surface area (Å²) < 4.78 is 42.6. The minimum absolute atomic E-state index is 0.108. The number of pyridine rings is 1. The molecule has 96 valence electrons. The highest BCUT2D eigenvalue weighted by molar-refractivity contribution is 8.00. The summed E-state index contributed by atoms with van der Waals surface area (Å²) in [6.45, 7) is 0. The molecule has 0 aliphatic heterocycles. The quantitative estimate of drug-likeness (QED) is 0.625. The summed E-state index contributed by atoms with van der Waals surface area (Å²) in [6, 6.07) is 2.89. The van der Waals surface area contributed by atoms with Gasteiger partial charge in [0.15, 0.2) is 0 Å².